The third kappa shape index (κ3) is 6.73. The first kappa shape index (κ1) is 26.0. The Hall–Kier alpha value is -2.59. The van der Waals surface area contributed by atoms with Gasteiger partial charge in [-0.3, -0.25) is 9.69 Å². The lowest BCUT2D eigenvalue weighted by Gasteiger charge is -2.34. The first-order valence-corrected chi connectivity index (χ1v) is 12.2. The van der Waals surface area contributed by atoms with Crippen LogP contribution in [0.4, 0.5) is 5.69 Å². The number of likely N-dealkylation sites (N-methyl/N-ethyl adjacent to an activating group) is 1. The van der Waals surface area contributed by atoms with Crippen LogP contribution >= 0.6 is 0 Å². The van der Waals surface area contributed by atoms with Crippen LogP contribution in [-0.2, 0) is 21.1 Å². The maximum absolute atomic E-state index is 13.1. The SMILES string of the molecule is CN1CCC(OCC(=O)N(C)C(CN2CC[C@H](O)C2)c2ccccc2)c2ccccc21.O=S=O. The lowest BCUT2D eigenvalue weighted by molar-refractivity contribution is -0.139. The van der Waals surface area contributed by atoms with Gasteiger partial charge in [-0.05, 0) is 24.5 Å². The van der Waals surface area contributed by atoms with E-state index < -0.39 is 11.6 Å². The second-order valence-electron chi connectivity index (χ2n) is 8.77. The summed E-state index contributed by atoms with van der Waals surface area (Å²) in [5.74, 6) is -0.0231. The summed E-state index contributed by atoms with van der Waals surface area (Å²) in [6.45, 7) is 3.20. The summed E-state index contributed by atoms with van der Waals surface area (Å²) in [6.07, 6.45) is 1.33. The summed E-state index contributed by atoms with van der Waals surface area (Å²) in [5, 5.41) is 9.91. The zero-order valence-corrected chi connectivity index (χ0v) is 20.5. The Balaban J connectivity index is 0.00000103. The molecule has 3 atom stereocenters. The maximum atomic E-state index is 13.1. The molecule has 2 aliphatic rings. The molecule has 1 N–H and O–H groups in total. The van der Waals surface area contributed by atoms with E-state index in [4.69, 9.17) is 13.2 Å². The quantitative estimate of drug-likeness (QED) is 0.640. The molecule has 0 spiro atoms. The van der Waals surface area contributed by atoms with Crippen LogP contribution in [0.5, 0.6) is 0 Å². The number of fused-ring (bicyclic) bond motifs is 1. The van der Waals surface area contributed by atoms with E-state index in [2.05, 4.69) is 41.1 Å². The average molecular weight is 488 g/mol. The van der Waals surface area contributed by atoms with E-state index in [0.29, 0.717) is 13.1 Å². The van der Waals surface area contributed by atoms with Crippen molar-refractivity contribution in [1.29, 1.82) is 0 Å². The van der Waals surface area contributed by atoms with Crippen LogP contribution in [0.25, 0.3) is 0 Å². The van der Waals surface area contributed by atoms with E-state index >= 15 is 0 Å². The highest BCUT2D eigenvalue weighted by Crippen LogP contribution is 2.35. The fourth-order valence-electron chi connectivity index (χ4n) is 4.66. The number of carbonyl (C=O) groups is 1. The molecule has 2 aromatic rings. The average Bonchev–Trinajstić information content (AvgIpc) is 3.27. The van der Waals surface area contributed by atoms with Crippen molar-refractivity contribution in [1.82, 2.24) is 9.80 Å². The minimum atomic E-state index is -0.750. The Bertz CT molecular complexity index is 970. The number of hydrogen-bond donors (Lipinski definition) is 1. The van der Waals surface area contributed by atoms with Gasteiger partial charge >= 0.3 is 11.6 Å². The molecule has 9 heteroatoms. The van der Waals surface area contributed by atoms with Crippen molar-refractivity contribution in [3.05, 3.63) is 65.7 Å². The number of carbonyl (C=O) groups excluding carboxylic acids is 1. The summed E-state index contributed by atoms with van der Waals surface area (Å²) in [4.78, 5) is 19.4. The summed E-state index contributed by atoms with van der Waals surface area (Å²) in [6, 6.07) is 18.3. The molecule has 4 rings (SSSR count). The standard InChI is InChI=1S/C25H33N3O3.O2S/c1-26-14-13-24(21-10-6-7-11-22(21)26)31-18-25(30)27(2)23(19-8-4-3-5-9-19)17-28-15-12-20(29)16-28;1-3-2/h3-11,20,23-24,29H,12-18H2,1-2H3;/t20-,23?,24?;/m0./s1. The van der Waals surface area contributed by atoms with E-state index in [1.165, 1.54) is 5.69 Å². The number of nitrogens with zero attached hydrogens (tertiary/aromatic N) is 3. The number of amides is 1. The van der Waals surface area contributed by atoms with E-state index in [1.807, 2.05) is 37.4 Å². The van der Waals surface area contributed by atoms with Gasteiger partial charge in [0.15, 0.2) is 0 Å². The first-order chi connectivity index (χ1) is 16.4. The van der Waals surface area contributed by atoms with Gasteiger partial charge in [-0.2, -0.15) is 8.42 Å². The van der Waals surface area contributed by atoms with Crippen molar-refractivity contribution in [2.75, 3.05) is 51.8 Å². The fourth-order valence-corrected chi connectivity index (χ4v) is 4.66. The predicted octanol–water partition coefficient (Wildman–Crippen LogP) is 2.18. The third-order valence-electron chi connectivity index (χ3n) is 6.55. The summed E-state index contributed by atoms with van der Waals surface area (Å²) >= 11 is -0.750. The van der Waals surface area contributed by atoms with Crippen molar-refractivity contribution >= 4 is 23.2 Å². The molecule has 2 heterocycles. The van der Waals surface area contributed by atoms with Crippen LogP contribution in [0.15, 0.2) is 54.6 Å². The molecule has 1 saturated heterocycles. The van der Waals surface area contributed by atoms with Gasteiger partial charge in [0, 0.05) is 51.5 Å². The maximum Gasteiger partial charge on any atom is 0.335 e. The lowest BCUT2D eigenvalue weighted by Crippen LogP contribution is -2.40. The Morgan fingerprint density at radius 2 is 1.79 bits per heavy atom. The largest absolute Gasteiger partial charge is 0.392 e. The van der Waals surface area contributed by atoms with Crippen LogP contribution in [0.2, 0.25) is 0 Å². The van der Waals surface area contributed by atoms with Crippen molar-refractivity contribution < 1.29 is 23.1 Å². The summed E-state index contributed by atoms with van der Waals surface area (Å²) in [7, 11) is 3.95. The van der Waals surface area contributed by atoms with E-state index in [9.17, 15) is 9.90 Å². The Kier molecular flexibility index (Phi) is 9.76. The number of β-amino-alcohol motifs (C(OH)–C–C–N with tert-alkyl or cyclic N) is 1. The molecule has 2 aliphatic heterocycles. The number of rotatable bonds is 7. The van der Waals surface area contributed by atoms with Gasteiger partial charge in [0.25, 0.3) is 0 Å². The van der Waals surface area contributed by atoms with Gasteiger partial charge in [-0.15, -0.1) is 0 Å². The molecule has 1 fully saturated rings. The van der Waals surface area contributed by atoms with Gasteiger partial charge < -0.3 is 19.6 Å². The molecule has 1 amide bonds. The zero-order chi connectivity index (χ0) is 24.5. The number of ether oxygens (including phenoxy) is 1. The monoisotopic (exact) mass is 487 g/mol. The van der Waals surface area contributed by atoms with Gasteiger partial charge in [0.1, 0.15) is 6.61 Å². The smallest absolute Gasteiger partial charge is 0.335 e. The summed E-state index contributed by atoms with van der Waals surface area (Å²) in [5.41, 5.74) is 3.43. The third-order valence-corrected chi connectivity index (χ3v) is 6.55. The van der Waals surface area contributed by atoms with Crippen LogP contribution in [0, 0.1) is 0 Å². The topological polar surface area (TPSA) is 90.4 Å². The van der Waals surface area contributed by atoms with Gasteiger partial charge in [-0.25, -0.2) is 0 Å². The molecule has 0 saturated carbocycles. The van der Waals surface area contributed by atoms with Gasteiger partial charge in [0.05, 0.1) is 18.2 Å². The van der Waals surface area contributed by atoms with Gasteiger partial charge in [0.2, 0.25) is 5.91 Å². The minimum absolute atomic E-state index is 0.0231. The van der Waals surface area contributed by atoms with Crippen molar-refractivity contribution in [3.63, 3.8) is 0 Å². The lowest BCUT2D eigenvalue weighted by atomic mass is 9.99. The molecule has 184 valence electrons. The van der Waals surface area contributed by atoms with E-state index in [1.54, 1.807) is 4.90 Å². The molecule has 2 unspecified atom stereocenters. The number of aliphatic hydroxyl groups is 1. The summed E-state index contributed by atoms with van der Waals surface area (Å²) < 4.78 is 22.7. The van der Waals surface area contributed by atoms with Crippen molar-refractivity contribution in [2.24, 2.45) is 0 Å². The number of likely N-dealkylation sites (tertiary alicyclic amines) is 1. The molecule has 0 radical (unpaired) electrons. The molecule has 2 aromatic carbocycles. The highest BCUT2D eigenvalue weighted by Gasteiger charge is 2.29. The normalized spacial score (nSPS) is 20.6. The zero-order valence-electron chi connectivity index (χ0n) is 19.7. The first-order valence-electron chi connectivity index (χ1n) is 11.5. The predicted molar refractivity (Wildman–Crippen MR) is 131 cm³/mol. The van der Waals surface area contributed by atoms with Crippen molar-refractivity contribution in [2.45, 2.75) is 31.1 Å². The number of anilines is 1. The second-order valence-corrected chi connectivity index (χ2v) is 8.91. The Morgan fingerprint density at radius 3 is 2.47 bits per heavy atom. The molecule has 8 nitrogen and oxygen atoms in total. The Morgan fingerprint density at radius 1 is 1.12 bits per heavy atom. The molecule has 0 bridgehead atoms. The molecular weight excluding hydrogens is 454 g/mol. The number of benzene rings is 2. The second kappa shape index (κ2) is 12.8. The van der Waals surface area contributed by atoms with Crippen LogP contribution in [-0.4, -0.2) is 82.2 Å². The number of aliphatic hydroxyl groups excluding tert-OH is 1. The molecule has 34 heavy (non-hydrogen) atoms. The molecule has 0 aliphatic carbocycles. The Labute approximate surface area is 204 Å². The van der Waals surface area contributed by atoms with Crippen molar-refractivity contribution in [3.8, 4) is 0 Å². The fraction of sp³-hybridized carbons (Fsp3) is 0.480. The molecular formula is C25H33N3O5S. The number of hydrogen-bond acceptors (Lipinski definition) is 7. The van der Waals surface area contributed by atoms with Gasteiger partial charge in [-0.1, -0.05) is 48.5 Å². The van der Waals surface area contributed by atoms with Crippen LogP contribution in [0.3, 0.4) is 0 Å². The highest BCUT2D eigenvalue weighted by atomic mass is 32.1. The minimum Gasteiger partial charge on any atom is -0.392 e. The van der Waals surface area contributed by atoms with Crippen LogP contribution in [0.1, 0.15) is 36.1 Å². The molecule has 0 aromatic heterocycles. The number of para-hydroxylation sites is 1. The van der Waals surface area contributed by atoms with Crippen LogP contribution < -0.4 is 4.90 Å². The van der Waals surface area contributed by atoms with E-state index in [0.717, 1.165) is 37.1 Å². The van der Waals surface area contributed by atoms with E-state index in [-0.39, 0.29) is 30.8 Å². The highest BCUT2D eigenvalue weighted by molar-refractivity contribution is 7.51.